The number of ether oxygens (including phenoxy) is 1. The lowest BCUT2D eigenvalue weighted by molar-refractivity contribution is -0.131. The number of likely N-dealkylation sites (tertiary alicyclic amines) is 1. The molecule has 0 bridgehead atoms. The van der Waals surface area contributed by atoms with E-state index in [4.69, 9.17) is 27.9 Å². The fraction of sp³-hybridized carbons (Fsp3) is 0.579. The molecule has 2 rings (SSSR count). The normalized spacial score (nSPS) is 16.7. The number of carbonyl (C=O) groups excluding carboxylic acids is 2. The molecule has 1 aromatic carbocycles. The largest absolute Gasteiger partial charge is 0.481 e. The number of alkyl halides is 2. The number of para-hydroxylation sites is 1. The molecule has 26 heavy (non-hydrogen) atoms. The van der Waals surface area contributed by atoms with Crippen molar-refractivity contribution < 1.29 is 14.3 Å². The number of amides is 2. The van der Waals surface area contributed by atoms with E-state index in [0.29, 0.717) is 31.8 Å². The number of halogens is 2. The summed E-state index contributed by atoms with van der Waals surface area (Å²) in [6.07, 6.45) is 0.755. The van der Waals surface area contributed by atoms with Crippen molar-refractivity contribution in [2.45, 2.75) is 56.5 Å². The van der Waals surface area contributed by atoms with Gasteiger partial charge in [-0.05, 0) is 37.3 Å². The van der Waals surface area contributed by atoms with Crippen molar-refractivity contribution in [1.29, 1.82) is 0 Å². The quantitative estimate of drug-likeness (QED) is 0.743. The van der Waals surface area contributed by atoms with Gasteiger partial charge in [0.1, 0.15) is 5.75 Å². The van der Waals surface area contributed by atoms with Crippen molar-refractivity contribution >= 4 is 35.0 Å². The zero-order chi connectivity index (χ0) is 19.3. The molecule has 1 heterocycles. The molecule has 1 aliphatic heterocycles. The number of nitrogens with one attached hydrogen (secondary N) is 1. The maximum atomic E-state index is 12.5. The Balaban J connectivity index is 1.86. The summed E-state index contributed by atoms with van der Waals surface area (Å²) >= 11 is 11.2. The summed E-state index contributed by atoms with van der Waals surface area (Å²) < 4.78 is 5.89. The lowest BCUT2D eigenvalue weighted by Crippen LogP contribution is -2.50. The minimum absolute atomic E-state index is 0.0158. The van der Waals surface area contributed by atoms with Gasteiger partial charge in [0.15, 0.2) is 10.9 Å². The van der Waals surface area contributed by atoms with Crippen LogP contribution in [-0.4, -0.2) is 46.8 Å². The average Bonchev–Trinajstić information content (AvgIpc) is 2.61. The van der Waals surface area contributed by atoms with Gasteiger partial charge >= 0.3 is 0 Å². The molecule has 7 heteroatoms. The second-order valence-electron chi connectivity index (χ2n) is 6.86. The maximum Gasteiger partial charge on any atom is 0.260 e. The van der Waals surface area contributed by atoms with Crippen LogP contribution >= 0.6 is 23.2 Å². The molecule has 0 spiro atoms. The van der Waals surface area contributed by atoms with Crippen LogP contribution in [0, 0.1) is 0 Å². The first-order chi connectivity index (χ1) is 12.3. The smallest absolute Gasteiger partial charge is 0.260 e. The highest BCUT2D eigenvalue weighted by molar-refractivity contribution is 6.53. The van der Waals surface area contributed by atoms with Gasteiger partial charge in [-0.25, -0.2) is 0 Å². The van der Waals surface area contributed by atoms with Crippen molar-refractivity contribution in [2.75, 3.05) is 13.1 Å². The first kappa shape index (κ1) is 20.8. The van der Waals surface area contributed by atoms with Gasteiger partial charge in [-0.3, -0.25) is 9.59 Å². The molecule has 5 nitrogen and oxygen atoms in total. The molecule has 0 aromatic heterocycles. The Bertz CT molecular complexity index is 629. The molecular weight excluding hydrogens is 375 g/mol. The Morgan fingerprint density at radius 3 is 2.35 bits per heavy atom. The molecule has 1 saturated heterocycles. The third-order valence-electron chi connectivity index (χ3n) is 4.55. The van der Waals surface area contributed by atoms with E-state index in [2.05, 4.69) is 19.2 Å². The van der Waals surface area contributed by atoms with Gasteiger partial charge in [-0.1, -0.05) is 55.2 Å². The van der Waals surface area contributed by atoms with E-state index in [0.717, 1.165) is 11.3 Å². The summed E-state index contributed by atoms with van der Waals surface area (Å²) in [6, 6.07) is 7.78. The number of hydrogen-bond donors (Lipinski definition) is 1. The topological polar surface area (TPSA) is 58.6 Å². The summed E-state index contributed by atoms with van der Waals surface area (Å²) in [7, 11) is 0. The fourth-order valence-electron chi connectivity index (χ4n) is 3.01. The Kier molecular flexibility index (Phi) is 7.59. The van der Waals surface area contributed by atoms with Gasteiger partial charge in [-0.15, -0.1) is 0 Å². The van der Waals surface area contributed by atoms with Gasteiger partial charge < -0.3 is 15.0 Å². The fourth-order valence-corrected chi connectivity index (χ4v) is 3.29. The van der Waals surface area contributed by atoms with Crippen LogP contribution in [0.25, 0.3) is 0 Å². The first-order valence-electron chi connectivity index (χ1n) is 8.92. The minimum Gasteiger partial charge on any atom is -0.481 e. The number of nitrogens with zero attached hydrogens (tertiary/aromatic N) is 1. The van der Waals surface area contributed by atoms with E-state index in [-0.39, 0.29) is 17.9 Å². The molecule has 2 amide bonds. The zero-order valence-corrected chi connectivity index (χ0v) is 16.9. The Labute approximate surface area is 165 Å². The standard InChI is InChI=1S/C19H26Cl2N2O3/c1-12(2)15-6-4-5-7-16(15)26-13(3)18(24)22-14-8-10-23(11-9-14)19(25)17(20)21/h4-7,12-14,17H,8-11H2,1-3H3,(H,22,24). The molecule has 0 saturated carbocycles. The van der Waals surface area contributed by atoms with Crippen molar-refractivity contribution in [3.63, 3.8) is 0 Å². The van der Waals surface area contributed by atoms with Crippen LogP contribution in [0.5, 0.6) is 5.75 Å². The van der Waals surface area contributed by atoms with Crippen LogP contribution in [-0.2, 0) is 9.59 Å². The number of carbonyl (C=O) groups is 2. The number of benzene rings is 1. The van der Waals surface area contributed by atoms with Crippen molar-refractivity contribution in [3.8, 4) is 5.75 Å². The molecule has 1 N–H and O–H groups in total. The lowest BCUT2D eigenvalue weighted by atomic mass is 10.0. The number of piperidine rings is 1. The summed E-state index contributed by atoms with van der Waals surface area (Å²) in [5.41, 5.74) is 1.08. The van der Waals surface area contributed by atoms with Crippen molar-refractivity contribution in [1.82, 2.24) is 10.2 Å². The van der Waals surface area contributed by atoms with E-state index in [1.807, 2.05) is 24.3 Å². The molecule has 144 valence electrons. The Morgan fingerprint density at radius 1 is 1.15 bits per heavy atom. The molecule has 1 aromatic rings. The SMILES string of the molecule is CC(Oc1ccccc1C(C)C)C(=O)NC1CCN(C(=O)C(Cl)Cl)CC1. The van der Waals surface area contributed by atoms with E-state index in [9.17, 15) is 9.59 Å². The Morgan fingerprint density at radius 2 is 1.77 bits per heavy atom. The molecule has 0 radical (unpaired) electrons. The lowest BCUT2D eigenvalue weighted by Gasteiger charge is -2.33. The molecular formula is C19H26Cl2N2O3. The van der Waals surface area contributed by atoms with E-state index < -0.39 is 10.9 Å². The zero-order valence-electron chi connectivity index (χ0n) is 15.4. The van der Waals surface area contributed by atoms with Crippen LogP contribution in [0.3, 0.4) is 0 Å². The maximum absolute atomic E-state index is 12.5. The molecule has 1 atom stereocenters. The number of rotatable bonds is 6. The Hall–Kier alpha value is -1.46. The van der Waals surface area contributed by atoms with Crippen molar-refractivity contribution in [2.24, 2.45) is 0 Å². The van der Waals surface area contributed by atoms with Gasteiger partial charge in [0.05, 0.1) is 0 Å². The molecule has 1 fully saturated rings. The van der Waals surface area contributed by atoms with Gasteiger partial charge in [-0.2, -0.15) is 0 Å². The summed E-state index contributed by atoms with van der Waals surface area (Å²) in [5.74, 6) is 0.623. The highest BCUT2D eigenvalue weighted by Gasteiger charge is 2.28. The second kappa shape index (κ2) is 9.47. The van der Waals surface area contributed by atoms with Crippen LogP contribution in [0.2, 0.25) is 0 Å². The van der Waals surface area contributed by atoms with Gasteiger partial charge in [0, 0.05) is 19.1 Å². The molecule has 1 aliphatic rings. The summed E-state index contributed by atoms with van der Waals surface area (Å²) in [5, 5.41) is 3.01. The monoisotopic (exact) mass is 400 g/mol. The third-order valence-corrected chi connectivity index (χ3v) is 4.93. The van der Waals surface area contributed by atoms with Crippen LogP contribution < -0.4 is 10.1 Å². The number of hydrogen-bond acceptors (Lipinski definition) is 3. The van der Waals surface area contributed by atoms with Crippen LogP contribution in [0.1, 0.15) is 45.1 Å². The summed E-state index contributed by atoms with van der Waals surface area (Å²) in [6.45, 7) is 7.00. The third kappa shape index (κ3) is 5.52. The van der Waals surface area contributed by atoms with Gasteiger partial charge in [0.2, 0.25) is 0 Å². The van der Waals surface area contributed by atoms with Crippen molar-refractivity contribution in [3.05, 3.63) is 29.8 Å². The average molecular weight is 401 g/mol. The predicted octanol–water partition coefficient (Wildman–Crippen LogP) is 3.49. The molecule has 1 unspecified atom stereocenters. The van der Waals surface area contributed by atoms with E-state index in [1.165, 1.54) is 0 Å². The predicted molar refractivity (Wildman–Crippen MR) is 104 cm³/mol. The minimum atomic E-state index is -1.03. The molecule has 0 aliphatic carbocycles. The summed E-state index contributed by atoms with van der Waals surface area (Å²) in [4.78, 5) is 24.8. The van der Waals surface area contributed by atoms with E-state index >= 15 is 0 Å². The first-order valence-corrected chi connectivity index (χ1v) is 9.79. The van der Waals surface area contributed by atoms with E-state index in [1.54, 1.807) is 11.8 Å². The van der Waals surface area contributed by atoms with Gasteiger partial charge in [0.25, 0.3) is 11.8 Å². The second-order valence-corrected chi connectivity index (χ2v) is 7.96. The highest BCUT2D eigenvalue weighted by atomic mass is 35.5. The van der Waals surface area contributed by atoms with Crippen LogP contribution in [0.15, 0.2) is 24.3 Å². The van der Waals surface area contributed by atoms with Crippen LogP contribution in [0.4, 0.5) is 0 Å². The highest BCUT2D eigenvalue weighted by Crippen LogP contribution is 2.26.